The lowest BCUT2D eigenvalue weighted by Crippen LogP contribution is -2.41. The molecule has 152 valence electrons. The van der Waals surface area contributed by atoms with E-state index in [2.05, 4.69) is 9.97 Å². The molecular weight excluding hydrogens is 412 g/mol. The number of hydrogen-bond donors (Lipinski definition) is 1. The number of carbonyl (C=O) groups is 1. The molecule has 1 aromatic carbocycles. The predicted molar refractivity (Wildman–Crippen MR) is 98.8 cm³/mol. The van der Waals surface area contributed by atoms with Gasteiger partial charge in [-0.1, -0.05) is 12.1 Å². The summed E-state index contributed by atoms with van der Waals surface area (Å²) in [4.78, 5) is 20.1. The van der Waals surface area contributed by atoms with Crippen LogP contribution in [0.3, 0.4) is 0 Å². The molecule has 0 radical (unpaired) electrons. The molecule has 2 rings (SSSR count). The quantitative estimate of drug-likeness (QED) is 0.689. The molecule has 1 N–H and O–H groups in total. The minimum absolute atomic E-state index is 0.0896. The number of methoxy groups -OCH3 is 2. The van der Waals surface area contributed by atoms with Crippen LogP contribution in [-0.4, -0.2) is 60.4 Å². The summed E-state index contributed by atoms with van der Waals surface area (Å²) in [6.07, 6.45) is 0.867. The highest BCUT2D eigenvalue weighted by atomic mass is 32.2. The van der Waals surface area contributed by atoms with Crippen molar-refractivity contribution in [1.29, 1.82) is 0 Å². The maximum Gasteiger partial charge on any atom is 0.337 e. The lowest BCUT2D eigenvalue weighted by Gasteiger charge is -2.17. The van der Waals surface area contributed by atoms with Gasteiger partial charge in [-0.15, -0.1) is 0 Å². The van der Waals surface area contributed by atoms with Gasteiger partial charge in [-0.05, 0) is 12.1 Å². The fourth-order valence-electron chi connectivity index (χ4n) is 2.06. The summed E-state index contributed by atoms with van der Waals surface area (Å²) in [7, 11) is -4.43. The topological polar surface area (TPSA) is 145 Å². The molecule has 28 heavy (non-hydrogen) atoms. The normalized spacial score (nSPS) is 11.6. The number of anilines is 1. The van der Waals surface area contributed by atoms with Gasteiger partial charge in [0.25, 0.3) is 10.0 Å². The lowest BCUT2D eigenvalue weighted by atomic mass is 10.4. The van der Waals surface area contributed by atoms with Crippen molar-refractivity contribution in [3.8, 4) is 11.8 Å². The zero-order valence-electron chi connectivity index (χ0n) is 15.4. The first kappa shape index (κ1) is 21.4. The molecule has 0 aliphatic carbocycles. The number of benzene rings is 1. The smallest absolute Gasteiger partial charge is 0.337 e. The van der Waals surface area contributed by atoms with E-state index in [0.717, 1.165) is 23.3 Å². The summed E-state index contributed by atoms with van der Waals surface area (Å²) in [6.45, 7) is 0. The van der Waals surface area contributed by atoms with Gasteiger partial charge in [-0.3, -0.25) is 4.90 Å². The standard InChI is InChI=1S/C15H18N4O7S2/c1-19(14-16-12(25-2)9-13(17-14)26-3)15(20)18-28(23,24)11-8-6-5-7-10(11)27(4,21)22/h5-9H,1-4H3,(H,18,20). The lowest BCUT2D eigenvalue weighted by molar-refractivity contribution is 0.251. The molecule has 0 fully saturated rings. The highest BCUT2D eigenvalue weighted by Crippen LogP contribution is 2.22. The number of sulfonamides is 1. The van der Waals surface area contributed by atoms with Gasteiger partial charge in [0.2, 0.25) is 17.7 Å². The monoisotopic (exact) mass is 430 g/mol. The fourth-order valence-corrected chi connectivity index (χ4v) is 4.67. The van der Waals surface area contributed by atoms with Crippen molar-refractivity contribution in [2.75, 3.05) is 32.4 Å². The van der Waals surface area contributed by atoms with Gasteiger partial charge in [-0.25, -0.2) is 26.4 Å². The third-order valence-electron chi connectivity index (χ3n) is 3.45. The first-order chi connectivity index (χ1) is 13.0. The number of nitrogens with one attached hydrogen (secondary N) is 1. The van der Waals surface area contributed by atoms with Crippen LogP contribution >= 0.6 is 0 Å². The Kier molecular flexibility index (Phi) is 6.09. The van der Waals surface area contributed by atoms with E-state index in [9.17, 15) is 21.6 Å². The predicted octanol–water partition coefficient (Wildman–Crippen LogP) is 0.432. The summed E-state index contributed by atoms with van der Waals surface area (Å²) in [5.41, 5.74) is 0. The number of sulfone groups is 1. The number of ether oxygens (including phenoxy) is 2. The van der Waals surface area contributed by atoms with Crippen LogP contribution in [0.15, 0.2) is 40.1 Å². The van der Waals surface area contributed by atoms with Gasteiger partial charge in [0.05, 0.1) is 25.2 Å². The van der Waals surface area contributed by atoms with Gasteiger partial charge in [0, 0.05) is 13.3 Å². The average molecular weight is 430 g/mol. The number of carbonyl (C=O) groups excluding carboxylic acids is 1. The van der Waals surface area contributed by atoms with Gasteiger partial charge >= 0.3 is 6.03 Å². The summed E-state index contributed by atoms with van der Waals surface area (Å²) in [5.74, 6) is -0.0149. The molecule has 0 aliphatic heterocycles. The number of urea groups is 1. The largest absolute Gasteiger partial charge is 0.481 e. The molecule has 0 atom stereocenters. The van der Waals surface area contributed by atoms with Crippen LogP contribution in [0.5, 0.6) is 11.8 Å². The molecule has 0 aliphatic rings. The van der Waals surface area contributed by atoms with E-state index in [4.69, 9.17) is 9.47 Å². The van der Waals surface area contributed by atoms with Crippen molar-refractivity contribution in [2.45, 2.75) is 9.79 Å². The average Bonchev–Trinajstić information content (AvgIpc) is 2.65. The Bertz CT molecular complexity index is 1080. The Morgan fingerprint density at radius 2 is 1.50 bits per heavy atom. The van der Waals surface area contributed by atoms with Crippen LogP contribution in [-0.2, 0) is 19.9 Å². The Labute approximate surface area is 162 Å². The third-order valence-corrected chi connectivity index (χ3v) is 6.11. The van der Waals surface area contributed by atoms with Crippen molar-refractivity contribution in [2.24, 2.45) is 0 Å². The maximum atomic E-state index is 12.6. The van der Waals surface area contributed by atoms with E-state index >= 15 is 0 Å². The molecule has 13 heteroatoms. The van der Waals surface area contributed by atoms with Crippen molar-refractivity contribution in [1.82, 2.24) is 14.7 Å². The van der Waals surface area contributed by atoms with Crippen molar-refractivity contribution < 1.29 is 31.1 Å². The van der Waals surface area contributed by atoms with Crippen LogP contribution in [0.4, 0.5) is 10.7 Å². The molecule has 0 bridgehead atoms. The van der Waals surface area contributed by atoms with Crippen LogP contribution in [0.25, 0.3) is 0 Å². The molecule has 0 unspecified atom stereocenters. The van der Waals surface area contributed by atoms with E-state index in [-0.39, 0.29) is 17.7 Å². The molecule has 0 spiro atoms. The summed E-state index contributed by atoms with van der Waals surface area (Å²) < 4.78 is 60.6. The Hall–Kier alpha value is -2.93. The molecule has 0 saturated heterocycles. The van der Waals surface area contributed by atoms with E-state index in [1.807, 2.05) is 0 Å². The second-order valence-electron chi connectivity index (χ2n) is 5.44. The molecule has 11 nitrogen and oxygen atoms in total. The second kappa shape index (κ2) is 7.98. The van der Waals surface area contributed by atoms with Gasteiger partial charge in [-0.2, -0.15) is 9.97 Å². The summed E-state index contributed by atoms with van der Waals surface area (Å²) in [6, 6.07) is 5.19. The zero-order valence-corrected chi connectivity index (χ0v) is 17.0. The minimum atomic E-state index is -4.50. The first-order valence-electron chi connectivity index (χ1n) is 7.56. The van der Waals surface area contributed by atoms with Crippen molar-refractivity contribution in [3.63, 3.8) is 0 Å². The highest BCUT2D eigenvalue weighted by Gasteiger charge is 2.27. The number of hydrogen-bond acceptors (Lipinski definition) is 9. The van der Waals surface area contributed by atoms with Crippen LogP contribution in [0.2, 0.25) is 0 Å². The Morgan fingerprint density at radius 1 is 1.00 bits per heavy atom. The van der Waals surface area contributed by atoms with E-state index in [0.29, 0.717) is 0 Å². The number of amides is 2. The fraction of sp³-hybridized carbons (Fsp3) is 0.267. The molecule has 1 heterocycles. The van der Waals surface area contributed by atoms with Crippen LogP contribution in [0.1, 0.15) is 0 Å². The van der Waals surface area contributed by atoms with Crippen LogP contribution in [0, 0.1) is 0 Å². The number of aromatic nitrogens is 2. The zero-order chi connectivity index (χ0) is 21.1. The minimum Gasteiger partial charge on any atom is -0.481 e. The molecular formula is C15H18N4O7S2. The van der Waals surface area contributed by atoms with Gasteiger partial charge in [0.1, 0.15) is 4.90 Å². The summed E-state index contributed by atoms with van der Waals surface area (Å²) >= 11 is 0. The maximum absolute atomic E-state index is 12.6. The molecule has 1 aromatic heterocycles. The van der Waals surface area contributed by atoms with Crippen molar-refractivity contribution >= 4 is 31.8 Å². The second-order valence-corrected chi connectivity index (χ2v) is 9.08. The van der Waals surface area contributed by atoms with Crippen LogP contribution < -0.4 is 19.1 Å². The number of rotatable bonds is 6. The first-order valence-corrected chi connectivity index (χ1v) is 10.9. The Morgan fingerprint density at radius 3 is 1.96 bits per heavy atom. The summed E-state index contributed by atoms with van der Waals surface area (Å²) in [5, 5.41) is 0. The van der Waals surface area contributed by atoms with E-state index < -0.39 is 35.7 Å². The molecule has 0 saturated carbocycles. The van der Waals surface area contributed by atoms with Gasteiger partial charge in [0.15, 0.2) is 9.84 Å². The van der Waals surface area contributed by atoms with E-state index in [1.54, 1.807) is 4.72 Å². The molecule has 2 aromatic rings. The Balaban J connectivity index is 2.37. The highest BCUT2D eigenvalue weighted by molar-refractivity contribution is 7.93. The number of nitrogens with zero attached hydrogens (tertiary/aromatic N) is 3. The molecule has 2 amide bonds. The van der Waals surface area contributed by atoms with Crippen molar-refractivity contribution in [3.05, 3.63) is 30.3 Å². The van der Waals surface area contributed by atoms with E-state index in [1.165, 1.54) is 39.5 Å². The van der Waals surface area contributed by atoms with Gasteiger partial charge < -0.3 is 9.47 Å². The third kappa shape index (κ3) is 4.67. The SMILES string of the molecule is COc1cc(OC)nc(N(C)C(=O)NS(=O)(=O)c2ccccc2S(C)(=O)=O)n1.